The van der Waals surface area contributed by atoms with E-state index in [2.05, 4.69) is 30.6 Å². The number of aromatic nitrogens is 4. The highest BCUT2D eigenvalue weighted by molar-refractivity contribution is 6.02. The van der Waals surface area contributed by atoms with E-state index >= 15 is 0 Å². The van der Waals surface area contributed by atoms with Crippen LogP contribution in [0, 0.1) is 0 Å². The number of rotatable bonds is 8. The van der Waals surface area contributed by atoms with Gasteiger partial charge in [0.2, 0.25) is 5.88 Å². The maximum Gasteiger partial charge on any atom is 0.275 e. The fourth-order valence-corrected chi connectivity index (χ4v) is 2.26. The predicted octanol–water partition coefficient (Wildman–Crippen LogP) is 1.08. The summed E-state index contributed by atoms with van der Waals surface area (Å²) in [6, 6.07) is 7.01. The normalized spacial score (nSPS) is 10.3. The second-order valence-corrected chi connectivity index (χ2v) is 5.59. The third-order valence-corrected chi connectivity index (χ3v) is 3.57. The van der Waals surface area contributed by atoms with Gasteiger partial charge in [0, 0.05) is 18.1 Å². The molecule has 0 fully saturated rings. The van der Waals surface area contributed by atoms with Gasteiger partial charge in [0.15, 0.2) is 0 Å². The lowest BCUT2D eigenvalue weighted by Gasteiger charge is -2.09. The van der Waals surface area contributed by atoms with Crippen molar-refractivity contribution in [3.05, 3.63) is 60.4 Å². The molecule has 0 atom stereocenters. The summed E-state index contributed by atoms with van der Waals surface area (Å²) in [6.07, 6.45) is 5.83. The van der Waals surface area contributed by atoms with Crippen LogP contribution >= 0.6 is 0 Å². The minimum Gasteiger partial charge on any atom is -0.474 e. The second kappa shape index (κ2) is 9.24. The standard InChI is InChI=1S/C18H19N7O3/c19-17-14(2-1-4-21-17)22-9-13-8-12(3-5-20-13)25-18(27)15-10-24-16(11-23-15)28-7-6-26/h1-5,8,10-11,22,26H,6-7,9H2,(H2,19,21)(H,20,25,27). The van der Waals surface area contributed by atoms with Gasteiger partial charge < -0.3 is 26.2 Å². The number of anilines is 3. The number of nitrogens with one attached hydrogen (secondary N) is 2. The van der Waals surface area contributed by atoms with Crippen molar-refractivity contribution >= 4 is 23.1 Å². The summed E-state index contributed by atoms with van der Waals surface area (Å²) < 4.78 is 5.11. The molecule has 0 saturated carbocycles. The molecule has 3 rings (SSSR count). The van der Waals surface area contributed by atoms with E-state index in [4.69, 9.17) is 15.6 Å². The molecule has 3 aromatic heterocycles. The monoisotopic (exact) mass is 381 g/mol. The van der Waals surface area contributed by atoms with E-state index in [1.807, 2.05) is 6.07 Å². The van der Waals surface area contributed by atoms with Crippen molar-refractivity contribution in [3.63, 3.8) is 0 Å². The molecule has 0 unspecified atom stereocenters. The Hall–Kier alpha value is -3.79. The number of aliphatic hydroxyl groups is 1. The van der Waals surface area contributed by atoms with Gasteiger partial charge in [0.05, 0.1) is 36.9 Å². The van der Waals surface area contributed by atoms with Gasteiger partial charge in [0.1, 0.15) is 18.1 Å². The van der Waals surface area contributed by atoms with Gasteiger partial charge >= 0.3 is 0 Å². The van der Waals surface area contributed by atoms with Gasteiger partial charge in [-0.05, 0) is 24.3 Å². The van der Waals surface area contributed by atoms with E-state index in [0.717, 1.165) is 0 Å². The third-order valence-electron chi connectivity index (χ3n) is 3.57. The average Bonchev–Trinajstić information content (AvgIpc) is 2.72. The van der Waals surface area contributed by atoms with Crippen molar-refractivity contribution in [2.45, 2.75) is 6.54 Å². The molecule has 0 aliphatic carbocycles. The van der Waals surface area contributed by atoms with Gasteiger partial charge in [-0.1, -0.05) is 0 Å². The van der Waals surface area contributed by atoms with Crippen LogP contribution in [-0.4, -0.2) is 44.2 Å². The molecule has 1 amide bonds. The largest absolute Gasteiger partial charge is 0.474 e. The molecule has 0 radical (unpaired) electrons. The Morgan fingerprint density at radius 1 is 1.14 bits per heavy atom. The number of hydrogen-bond acceptors (Lipinski definition) is 9. The fourth-order valence-electron chi connectivity index (χ4n) is 2.26. The maximum absolute atomic E-state index is 12.3. The van der Waals surface area contributed by atoms with Crippen LogP contribution in [0.15, 0.2) is 49.1 Å². The van der Waals surface area contributed by atoms with E-state index in [-0.39, 0.29) is 24.8 Å². The van der Waals surface area contributed by atoms with Crippen LogP contribution in [0.1, 0.15) is 16.2 Å². The van der Waals surface area contributed by atoms with Crippen LogP contribution in [0.4, 0.5) is 17.2 Å². The lowest BCUT2D eigenvalue weighted by atomic mass is 10.3. The molecule has 3 aromatic rings. The Morgan fingerprint density at radius 3 is 2.79 bits per heavy atom. The summed E-state index contributed by atoms with van der Waals surface area (Å²) in [4.78, 5) is 28.6. The van der Waals surface area contributed by atoms with Crippen molar-refractivity contribution in [1.82, 2.24) is 19.9 Å². The first-order valence-electron chi connectivity index (χ1n) is 8.42. The van der Waals surface area contributed by atoms with Gasteiger partial charge in [-0.25, -0.2) is 15.0 Å². The van der Waals surface area contributed by atoms with Gasteiger partial charge in [-0.15, -0.1) is 0 Å². The predicted molar refractivity (Wildman–Crippen MR) is 103 cm³/mol. The highest BCUT2D eigenvalue weighted by Crippen LogP contribution is 2.16. The topological polar surface area (TPSA) is 148 Å². The zero-order chi connectivity index (χ0) is 19.8. The van der Waals surface area contributed by atoms with E-state index in [1.54, 1.807) is 30.6 Å². The number of pyridine rings is 2. The minimum absolute atomic E-state index is 0.110. The van der Waals surface area contributed by atoms with E-state index < -0.39 is 5.91 Å². The van der Waals surface area contributed by atoms with Crippen LogP contribution < -0.4 is 21.1 Å². The first-order valence-corrected chi connectivity index (χ1v) is 8.42. The van der Waals surface area contributed by atoms with Crippen LogP contribution in [0.3, 0.4) is 0 Å². The molecule has 0 spiro atoms. The quantitative estimate of drug-likeness (QED) is 0.450. The highest BCUT2D eigenvalue weighted by atomic mass is 16.5. The van der Waals surface area contributed by atoms with E-state index in [0.29, 0.717) is 29.4 Å². The summed E-state index contributed by atoms with van der Waals surface area (Å²) in [5.74, 6) is 0.220. The Labute approximate surface area is 160 Å². The Morgan fingerprint density at radius 2 is 2.04 bits per heavy atom. The molecule has 10 heteroatoms. The molecule has 10 nitrogen and oxygen atoms in total. The summed E-state index contributed by atoms with van der Waals surface area (Å²) in [6.45, 7) is 0.394. The van der Waals surface area contributed by atoms with Gasteiger partial charge in [0.25, 0.3) is 5.91 Å². The number of ether oxygens (including phenoxy) is 1. The number of nitrogens with zero attached hydrogens (tertiary/aromatic N) is 4. The molecule has 0 saturated heterocycles. The number of nitrogen functional groups attached to an aromatic ring is 1. The number of amides is 1. The summed E-state index contributed by atoms with van der Waals surface area (Å²) in [5, 5.41) is 14.6. The van der Waals surface area contributed by atoms with Crippen molar-refractivity contribution < 1.29 is 14.6 Å². The van der Waals surface area contributed by atoms with Crippen molar-refractivity contribution in [2.75, 3.05) is 29.6 Å². The third kappa shape index (κ3) is 5.11. The molecule has 28 heavy (non-hydrogen) atoms. The smallest absolute Gasteiger partial charge is 0.275 e. The van der Waals surface area contributed by atoms with Crippen molar-refractivity contribution in [2.24, 2.45) is 0 Å². The zero-order valence-electron chi connectivity index (χ0n) is 14.9. The maximum atomic E-state index is 12.3. The molecule has 0 bridgehead atoms. The molecule has 0 aliphatic rings. The van der Waals surface area contributed by atoms with Crippen LogP contribution in [-0.2, 0) is 6.54 Å². The Bertz CT molecular complexity index is 934. The van der Waals surface area contributed by atoms with Crippen molar-refractivity contribution in [3.8, 4) is 5.88 Å². The SMILES string of the molecule is Nc1ncccc1NCc1cc(NC(=O)c2cnc(OCCO)cn2)ccn1. The van der Waals surface area contributed by atoms with Gasteiger partial charge in [-0.2, -0.15) is 0 Å². The number of aliphatic hydroxyl groups excluding tert-OH is 1. The average molecular weight is 381 g/mol. The number of carbonyl (C=O) groups excluding carboxylic acids is 1. The molecular weight excluding hydrogens is 362 g/mol. The molecule has 0 aromatic carbocycles. The first kappa shape index (κ1) is 19.0. The van der Waals surface area contributed by atoms with Crippen LogP contribution in [0.5, 0.6) is 5.88 Å². The lowest BCUT2D eigenvalue weighted by Crippen LogP contribution is -2.15. The zero-order valence-corrected chi connectivity index (χ0v) is 14.9. The van der Waals surface area contributed by atoms with Crippen molar-refractivity contribution in [1.29, 1.82) is 0 Å². The van der Waals surface area contributed by atoms with Gasteiger partial charge in [-0.3, -0.25) is 9.78 Å². The summed E-state index contributed by atoms with van der Waals surface area (Å²) in [5.41, 5.74) is 7.91. The molecule has 5 N–H and O–H groups in total. The lowest BCUT2D eigenvalue weighted by molar-refractivity contribution is 0.102. The molecule has 3 heterocycles. The van der Waals surface area contributed by atoms with Crippen LogP contribution in [0.25, 0.3) is 0 Å². The summed E-state index contributed by atoms with van der Waals surface area (Å²) in [7, 11) is 0. The Kier molecular flexibility index (Phi) is 6.26. The van der Waals surface area contributed by atoms with E-state index in [1.165, 1.54) is 12.4 Å². The van der Waals surface area contributed by atoms with Crippen LogP contribution in [0.2, 0.25) is 0 Å². The number of nitrogens with two attached hydrogens (primary N) is 1. The summed E-state index contributed by atoms with van der Waals surface area (Å²) >= 11 is 0. The molecule has 0 aliphatic heterocycles. The minimum atomic E-state index is -0.414. The first-order chi connectivity index (χ1) is 13.7. The van der Waals surface area contributed by atoms with E-state index in [9.17, 15) is 4.79 Å². The number of hydrogen-bond donors (Lipinski definition) is 4. The highest BCUT2D eigenvalue weighted by Gasteiger charge is 2.10. The fraction of sp³-hybridized carbons (Fsp3) is 0.167. The molecular formula is C18H19N7O3. The Balaban J connectivity index is 1.60. The molecule has 144 valence electrons. The second-order valence-electron chi connectivity index (χ2n) is 5.59. The number of carbonyl (C=O) groups is 1.